The van der Waals surface area contributed by atoms with Gasteiger partial charge in [-0.05, 0) is 57.8 Å². The minimum atomic E-state index is 0.858. The zero-order valence-corrected chi connectivity index (χ0v) is 10.1. The molecule has 0 radical (unpaired) electrons. The van der Waals surface area contributed by atoms with E-state index in [4.69, 9.17) is 0 Å². The quantitative estimate of drug-likeness (QED) is 0.702. The third kappa shape index (κ3) is 4.97. The highest BCUT2D eigenvalue weighted by molar-refractivity contribution is 4.73. The molecule has 1 fully saturated rings. The summed E-state index contributed by atoms with van der Waals surface area (Å²) in [6.45, 7) is 9.63. The molecular weight excluding hydrogens is 172 g/mol. The van der Waals surface area contributed by atoms with Crippen LogP contribution < -0.4 is 5.32 Å². The molecule has 1 heterocycles. The monoisotopic (exact) mass is 198 g/mol. The van der Waals surface area contributed by atoms with Crippen LogP contribution in [0, 0.1) is 11.8 Å². The summed E-state index contributed by atoms with van der Waals surface area (Å²) in [5, 5.41) is 3.43. The van der Waals surface area contributed by atoms with E-state index in [0.29, 0.717) is 0 Å². The normalized spacial score (nSPS) is 22.5. The van der Waals surface area contributed by atoms with Crippen molar-refractivity contribution in [3.63, 3.8) is 0 Å². The third-order valence-electron chi connectivity index (χ3n) is 3.05. The van der Waals surface area contributed by atoms with Crippen LogP contribution in [0.25, 0.3) is 0 Å². The minimum absolute atomic E-state index is 0.858. The summed E-state index contributed by atoms with van der Waals surface area (Å²) in [7, 11) is 2.26. The lowest BCUT2D eigenvalue weighted by Gasteiger charge is -2.20. The van der Waals surface area contributed by atoms with E-state index in [1.54, 1.807) is 0 Å². The van der Waals surface area contributed by atoms with E-state index in [1.807, 2.05) is 0 Å². The average Bonchev–Trinajstić information content (AvgIpc) is 2.56. The van der Waals surface area contributed by atoms with Gasteiger partial charge in [0.05, 0.1) is 0 Å². The fraction of sp³-hybridized carbons (Fsp3) is 1.00. The zero-order valence-electron chi connectivity index (χ0n) is 10.1. The van der Waals surface area contributed by atoms with Gasteiger partial charge < -0.3 is 10.2 Å². The standard InChI is InChI=1S/C12H26N2/c1-11(2)5-4-8-14(3)10-12-6-7-13-9-12/h11-13H,4-10H2,1-3H3. The highest BCUT2D eigenvalue weighted by Gasteiger charge is 2.15. The molecule has 0 spiro atoms. The fourth-order valence-electron chi connectivity index (χ4n) is 2.17. The zero-order chi connectivity index (χ0) is 10.4. The second kappa shape index (κ2) is 6.41. The molecular formula is C12H26N2. The first kappa shape index (κ1) is 12.0. The number of nitrogens with zero attached hydrogens (tertiary/aromatic N) is 1. The van der Waals surface area contributed by atoms with Crippen molar-refractivity contribution in [2.24, 2.45) is 11.8 Å². The predicted octanol–water partition coefficient (Wildman–Crippen LogP) is 1.96. The number of rotatable bonds is 6. The third-order valence-corrected chi connectivity index (χ3v) is 3.05. The van der Waals surface area contributed by atoms with Crippen LogP contribution in [0.5, 0.6) is 0 Å². The summed E-state index contributed by atoms with van der Waals surface area (Å²) in [4.78, 5) is 2.50. The van der Waals surface area contributed by atoms with Gasteiger partial charge in [0.25, 0.3) is 0 Å². The Hall–Kier alpha value is -0.0800. The molecule has 1 aliphatic heterocycles. The van der Waals surface area contributed by atoms with Crippen molar-refractivity contribution in [1.29, 1.82) is 0 Å². The maximum absolute atomic E-state index is 3.43. The van der Waals surface area contributed by atoms with Crippen LogP contribution in [0.15, 0.2) is 0 Å². The largest absolute Gasteiger partial charge is 0.316 e. The molecule has 1 rings (SSSR count). The molecule has 2 nitrogen and oxygen atoms in total. The van der Waals surface area contributed by atoms with Crippen LogP contribution in [0.1, 0.15) is 33.1 Å². The van der Waals surface area contributed by atoms with Crippen LogP contribution in [0.4, 0.5) is 0 Å². The smallest absolute Gasteiger partial charge is 0.00192 e. The van der Waals surface area contributed by atoms with Gasteiger partial charge in [0, 0.05) is 6.54 Å². The van der Waals surface area contributed by atoms with Gasteiger partial charge in [0.1, 0.15) is 0 Å². The van der Waals surface area contributed by atoms with E-state index in [9.17, 15) is 0 Å². The van der Waals surface area contributed by atoms with Crippen molar-refractivity contribution in [1.82, 2.24) is 10.2 Å². The van der Waals surface area contributed by atoms with E-state index >= 15 is 0 Å². The maximum Gasteiger partial charge on any atom is 0.00192 e. The van der Waals surface area contributed by atoms with Gasteiger partial charge in [-0.25, -0.2) is 0 Å². The Morgan fingerprint density at radius 3 is 2.79 bits per heavy atom. The Morgan fingerprint density at radius 1 is 1.43 bits per heavy atom. The van der Waals surface area contributed by atoms with Gasteiger partial charge in [0.15, 0.2) is 0 Å². The Morgan fingerprint density at radius 2 is 2.21 bits per heavy atom. The second-order valence-corrected chi connectivity index (χ2v) is 5.16. The molecule has 0 bridgehead atoms. The topological polar surface area (TPSA) is 15.3 Å². The molecule has 1 aliphatic rings. The Labute approximate surface area is 89.1 Å². The van der Waals surface area contributed by atoms with E-state index in [2.05, 4.69) is 31.1 Å². The van der Waals surface area contributed by atoms with Crippen molar-refractivity contribution < 1.29 is 0 Å². The van der Waals surface area contributed by atoms with Crippen molar-refractivity contribution in [3.05, 3.63) is 0 Å². The molecule has 2 heteroatoms. The van der Waals surface area contributed by atoms with Crippen LogP contribution >= 0.6 is 0 Å². The van der Waals surface area contributed by atoms with Gasteiger partial charge in [0.2, 0.25) is 0 Å². The lowest BCUT2D eigenvalue weighted by Crippen LogP contribution is -2.28. The molecule has 14 heavy (non-hydrogen) atoms. The molecule has 1 atom stereocenters. The van der Waals surface area contributed by atoms with Gasteiger partial charge in [-0.2, -0.15) is 0 Å². The Kier molecular flexibility index (Phi) is 5.49. The summed E-state index contributed by atoms with van der Waals surface area (Å²) in [5.41, 5.74) is 0. The van der Waals surface area contributed by atoms with E-state index in [0.717, 1.165) is 11.8 Å². The Balaban J connectivity index is 2.00. The molecule has 84 valence electrons. The van der Waals surface area contributed by atoms with Gasteiger partial charge in [-0.3, -0.25) is 0 Å². The van der Waals surface area contributed by atoms with Gasteiger partial charge in [-0.1, -0.05) is 13.8 Å². The average molecular weight is 198 g/mol. The molecule has 0 aromatic carbocycles. The van der Waals surface area contributed by atoms with Crippen molar-refractivity contribution in [3.8, 4) is 0 Å². The molecule has 1 saturated heterocycles. The number of hydrogen-bond acceptors (Lipinski definition) is 2. The molecule has 0 aromatic heterocycles. The number of hydrogen-bond donors (Lipinski definition) is 1. The lowest BCUT2D eigenvalue weighted by atomic mass is 10.1. The summed E-state index contributed by atoms with van der Waals surface area (Å²) >= 11 is 0. The second-order valence-electron chi connectivity index (χ2n) is 5.16. The fourth-order valence-corrected chi connectivity index (χ4v) is 2.17. The first-order valence-electron chi connectivity index (χ1n) is 6.07. The maximum atomic E-state index is 3.43. The Bertz CT molecular complexity index is 139. The molecule has 0 amide bonds. The molecule has 0 aromatic rings. The van der Waals surface area contributed by atoms with Crippen molar-refractivity contribution in [2.45, 2.75) is 33.1 Å². The van der Waals surface area contributed by atoms with Crippen LogP contribution in [-0.2, 0) is 0 Å². The minimum Gasteiger partial charge on any atom is -0.316 e. The van der Waals surface area contributed by atoms with Gasteiger partial charge >= 0.3 is 0 Å². The lowest BCUT2D eigenvalue weighted by molar-refractivity contribution is 0.275. The molecule has 1 N–H and O–H groups in total. The van der Waals surface area contributed by atoms with E-state index in [1.165, 1.54) is 45.4 Å². The van der Waals surface area contributed by atoms with E-state index in [-0.39, 0.29) is 0 Å². The number of nitrogens with one attached hydrogen (secondary N) is 1. The first-order valence-corrected chi connectivity index (χ1v) is 6.07. The van der Waals surface area contributed by atoms with Crippen LogP contribution in [0.3, 0.4) is 0 Å². The highest BCUT2D eigenvalue weighted by atomic mass is 15.1. The highest BCUT2D eigenvalue weighted by Crippen LogP contribution is 2.10. The van der Waals surface area contributed by atoms with Crippen LogP contribution in [-0.4, -0.2) is 38.1 Å². The summed E-state index contributed by atoms with van der Waals surface area (Å²) in [6, 6.07) is 0. The SMILES string of the molecule is CC(C)CCCN(C)CC1CCNC1. The van der Waals surface area contributed by atoms with Crippen LogP contribution in [0.2, 0.25) is 0 Å². The molecule has 0 aliphatic carbocycles. The molecule has 0 saturated carbocycles. The predicted molar refractivity (Wildman–Crippen MR) is 62.5 cm³/mol. The van der Waals surface area contributed by atoms with Gasteiger partial charge in [-0.15, -0.1) is 0 Å². The summed E-state index contributed by atoms with van der Waals surface area (Å²) in [6.07, 6.45) is 4.09. The van der Waals surface area contributed by atoms with Crippen molar-refractivity contribution in [2.75, 3.05) is 33.2 Å². The first-order chi connectivity index (χ1) is 6.68. The van der Waals surface area contributed by atoms with Crippen molar-refractivity contribution >= 4 is 0 Å². The molecule has 1 unspecified atom stereocenters. The summed E-state index contributed by atoms with van der Waals surface area (Å²) in [5.74, 6) is 1.76. The summed E-state index contributed by atoms with van der Waals surface area (Å²) < 4.78 is 0. The van der Waals surface area contributed by atoms with E-state index < -0.39 is 0 Å².